The number of hydrogen-bond acceptors (Lipinski definition) is 6. The van der Waals surface area contributed by atoms with E-state index < -0.39 is 18.0 Å². The van der Waals surface area contributed by atoms with E-state index in [1.807, 2.05) is 0 Å². The largest absolute Gasteiger partial charge is 0.573 e. The number of alkyl halides is 3. The van der Waals surface area contributed by atoms with Crippen LogP contribution < -0.4 is 21.7 Å². The van der Waals surface area contributed by atoms with Crippen LogP contribution in [0.1, 0.15) is 0 Å². The molecule has 1 rings (SSSR count). The van der Waals surface area contributed by atoms with Gasteiger partial charge in [0.25, 0.3) is 0 Å². The van der Waals surface area contributed by atoms with E-state index in [2.05, 4.69) is 10.2 Å². The SMILES string of the molecule is NN/C(Sc1ccc(OC(F)(F)F)cc1)=C(\N)C(=O)O. The monoisotopic (exact) mass is 309 g/mol. The highest BCUT2D eigenvalue weighted by Gasteiger charge is 2.30. The number of aliphatic carboxylic acids is 1. The number of thioether (sulfide) groups is 1. The molecule has 0 bridgehead atoms. The number of hydrazine groups is 1. The average molecular weight is 309 g/mol. The Morgan fingerprint density at radius 1 is 1.30 bits per heavy atom. The standard InChI is InChI=1S/C10H10F3N3O3S/c11-10(12,13)19-5-1-3-6(4-2-5)20-8(16-15)7(14)9(17)18/h1-4,16H,14-15H2,(H,17,18)/b8-7+. The summed E-state index contributed by atoms with van der Waals surface area (Å²) in [7, 11) is 0. The topological polar surface area (TPSA) is 111 Å². The molecule has 0 unspecified atom stereocenters. The van der Waals surface area contributed by atoms with Crippen molar-refractivity contribution in [3.8, 4) is 5.75 Å². The number of carboxylic acid groups (broad SMARTS) is 1. The summed E-state index contributed by atoms with van der Waals surface area (Å²) in [5, 5.41) is 8.66. The second-order valence-corrected chi connectivity index (χ2v) is 4.40. The van der Waals surface area contributed by atoms with Crippen LogP contribution >= 0.6 is 11.8 Å². The zero-order valence-corrected chi connectivity index (χ0v) is 10.6. The van der Waals surface area contributed by atoms with Crippen LogP contribution in [0.3, 0.4) is 0 Å². The van der Waals surface area contributed by atoms with Crippen LogP contribution in [0.5, 0.6) is 5.75 Å². The summed E-state index contributed by atoms with van der Waals surface area (Å²) in [6.07, 6.45) is -4.77. The number of rotatable bonds is 5. The third-order valence-corrected chi connectivity index (χ3v) is 2.93. The van der Waals surface area contributed by atoms with Crippen molar-refractivity contribution in [2.75, 3.05) is 0 Å². The smallest absolute Gasteiger partial charge is 0.477 e. The molecule has 0 aliphatic carbocycles. The zero-order valence-electron chi connectivity index (χ0n) is 9.77. The van der Waals surface area contributed by atoms with E-state index in [9.17, 15) is 18.0 Å². The third kappa shape index (κ3) is 4.90. The van der Waals surface area contributed by atoms with E-state index in [0.717, 1.165) is 23.9 Å². The molecule has 0 fully saturated rings. The number of carbonyl (C=O) groups is 1. The Balaban J connectivity index is 2.84. The number of benzene rings is 1. The summed E-state index contributed by atoms with van der Waals surface area (Å²) >= 11 is 0.853. The molecule has 6 N–H and O–H groups in total. The van der Waals surface area contributed by atoms with Gasteiger partial charge in [-0.15, -0.1) is 13.2 Å². The molecule has 1 aromatic rings. The maximum atomic E-state index is 12.0. The minimum absolute atomic E-state index is 0.0398. The van der Waals surface area contributed by atoms with Crippen molar-refractivity contribution in [1.29, 1.82) is 0 Å². The third-order valence-electron chi connectivity index (χ3n) is 1.88. The molecular formula is C10H10F3N3O3S. The number of nitrogens with one attached hydrogen (secondary N) is 1. The fourth-order valence-corrected chi connectivity index (χ4v) is 1.85. The lowest BCUT2D eigenvalue weighted by Crippen LogP contribution is -2.26. The Morgan fingerprint density at radius 2 is 1.85 bits per heavy atom. The maximum Gasteiger partial charge on any atom is 0.573 e. The van der Waals surface area contributed by atoms with Gasteiger partial charge in [-0.1, -0.05) is 11.8 Å². The molecule has 0 amide bonds. The average Bonchev–Trinajstić information content (AvgIpc) is 2.35. The Kier molecular flexibility index (Phi) is 5.11. The van der Waals surface area contributed by atoms with E-state index in [1.54, 1.807) is 0 Å². The summed E-state index contributed by atoms with van der Waals surface area (Å²) in [6, 6.07) is 4.78. The number of hydrogen-bond donors (Lipinski definition) is 4. The molecule has 110 valence electrons. The minimum Gasteiger partial charge on any atom is -0.477 e. The normalized spacial score (nSPS) is 12.6. The van der Waals surface area contributed by atoms with Gasteiger partial charge in [0, 0.05) is 4.90 Å². The van der Waals surface area contributed by atoms with Gasteiger partial charge in [0.1, 0.15) is 16.5 Å². The van der Waals surface area contributed by atoms with Gasteiger partial charge in [-0.3, -0.25) is 0 Å². The van der Waals surface area contributed by atoms with E-state index in [4.69, 9.17) is 16.7 Å². The Hall–Kier alpha value is -2.07. The Morgan fingerprint density at radius 3 is 2.25 bits per heavy atom. The first-order valence-electron chi connectivity index (χ1n) is 4.96. The number of nitrogens with two attached hydrogens (primary N) is 2. The van der Waals surface area contributed by atoms with E-state index in [1.165, 1.54) is 12.1 Å². The lowest BCUT2D eigenvalue weighted by atomic mass is 10.3. The number of carboxylic acids is 1. The van der Waals surface area contributed by atoms with Crippen LogP contribution in [0, 0.1) is 0 Å². The molecule has 0 heterocycles. The highest BCUT2D eigenvalue weighted by molar-refractivity contribution is 8.03. The molecular weight excluding hydrogens is 299 g/mol. The zero-order chi connectivity index (χ0) is 15.3. The summed E-state index contributed by atoms with van der Waals surface area (Å²) in [5.41, 5.74) is 6.88. The van der Waals surface area contributed by atoms with Crippen molar-refractivity contribution in [2.24, 2.45) is 11.6 Å². The summed E-state index contributed by atoms with van der Waals surface area (Å²) in [5.74, 6) is 3.36. The molecule has 0 aliphatic heterocycles. The predicted molar refractivity (Wildman–Crippen MR) is 65.2 cm³/mol. The number of ether oxygens (including phenoxy) is 1. The predicted octanol–water partition coefficient (Wildman–Crippen LogP) is 1.35. The van der Waals surface area contributed by atoms with Crippen molar-refractivity contribution in [3.05, 3.63) is 35.0 Å². The molecule has 0 saturated heterocycles. The van der Waals surface area contributed by atoms with Crippen molar-refractivity contribution < 1.29 is 27.8 Å². The van der Waals surface area contributed by atoms with Crippen molar-refractivity contribution >= 4 is 17.7 Å². The van der Waals surface area contributed by atoms with Gasteiger partial charge in [0.05, 0.1) is 0 Å². The van der Waals surface area contributed by atoms with Crippen LogP contribution in [0.2, 0.25) is 0 Å². The lowest BCUT2D eigenvalue weighted by Gasteiger charge is -2.10. The van der Waals surface area contributed by atoms with Crippen molar-refractivity contribution in [3.63, 3.8) is 0 Å². The molecule has 1 aromatic carbocycles. The van der Waals surface area contributed by atoms with E-state index >= 15 is 0 Å². The molecule has 0 aromatic heterocycles. The van der Waals surface area contributed by atoms with Crippen LogP contribution in [-0.4, -0.2) is 17.4 Å². The second kappa shape index (κ2) is 6.39. The van der Waals surface area contributed by atoms with Crippen LogP contribution in [0.25, 0.3) is 0 Å². The van der Waals surface area contributed by atoms with Gasteiger partial charge in [-0.2, -0.15) is 0 Å². The Bertz CT molecular complexity index is 517. The fourth-order valence-electron chi connectivity index (χ4n) is 1.09. The van der Waals surface area contributed by atoms with Gasteiger partial charge < -0.3 is 21.0 Å². The summed E-state index contributed by atoms with van der Waals surface area (Å²) < 4.78 is 39.6. The summed E-state index contributed by atoms with van der Waals surface area (Å²) in [6.45, 7) is 0. The summed E-state index contributed by atoms with van der Waals surface area (Å²) in [4.78, 5) is 11.1. The van der Waals surface area contributed by atoms with E-state index in [0.29, 0.717) is 4.90 Å². The van der Waals surface area contributed by atoms with Gasteiger partial charge in [0.2, 0.25) is 0 Å². The fraction of sp³-hybridized carbons (Fsp3) is 0.100. The molecule has 6 nitrogen and oxygen atoms in total. The second-order valence-electron chi connectivity index (χ2n) is 3.31. The quantitative estimate of drug-likeness (QED) is 0.281. The van der Waals surface area contributed by atoms with Crippen LogP contribution in [0.4, 0.5) is 13.2 Å². The van der Waals surface area contributed by atoms with Gasteiger partial charge in [0.15, 0.2) is 0 Å². The molecule has 0 spiro atoms. The molecule has 10 heteroatoms. The van der Waals surface area contributed by atoms with Crippen LogP contribution in [0.15, 0.2) is 39.9 Å². The first-order valence-corrected chi connectivity index (χ1v) is 5.78. The van der Waals surface area contributed by atoms with Crippen molar-refractivity contribution in [1.82, 2.24) is 5.43 Å². The van der Waals surface area contributed by atoms with Crippen molar-refractivity contribution in [2.45, 2.75) is 11.3 Å². The maximum absolute atomic E-state index is 12.0. The first-order chi connectivity index (χ1) is 9.23. The highest BCUT2D eigenvalue weighted by atomic mass is 32.2. The van der Waals surface area contributed by atoms with Crippen LogP contribution in [-0.2, 0) is 4.79 Å². The Labute approximate surface area is 115 Å². The van der Waals surface area contributed by atoms with E-state index in [-0.39, 0.29) is 10.8 Å². The number of halogens is 3. The van der Waals surface area contributed by atoms with Gasteiger partial charge in [-0.25, -0.2) is 10.6 Å². The highest BCUT2D eigenvalue weighted by Crippen LogP contribution is 2.29. The first kappa shape index (κ1) is 16.0. The van der Waals surface area contributed by atoms with Gasteiger partial charge >= 0.3 is 12.3 Å². The molecule has 20 heavy (non-hydrogen) atoms. The molecule has 0 atom stereocenters. The van der Waals surface area contributed by atoms with Gasteiger partial charge in [-0.05, 0) is 24.3 Å². The molecule has 0 aliphatic rings. The molecule has 0 radical (unpaired) electrons. The minimum atomic E-state index is -4.77. The molecule has 0 saturated carbocycles. The lowest BCUT2D eigenvalue weighted by molar-refractivity contribution is -0.274.